The van der Waals surface area contributed by atoms with Crippen molar-refractivity contribution in [2.24, 2.45) is 0 Å². The van der Waals surface area contributed by atoms with Gasteiger partial charge in [-0.2, -0.15) is 4.31 Å². The van der Waals surface area contributed by atoms with Gasteiger partial charge in [0.2, 0.25) is 15.9 Å². The van der Waals surface area contributed by atoms with Crippen LogP contribution in [0.4, 0.5) is 5.69 Å². The van der Waals surface area contributed by atoms with E-state index >= 15 is 0 Å². The lowest BCUT2D eigenvalue weighted by molar-refractivity contribution is -0.385. The second kappa shape index (κ2) is 8.72. The van der Waals surface area contributed by atoms with Gasteiger partial charge in [0.25, 0.3) is 11.2 Å². The topological polar surface area (TPSA) is 123 Å². The van der Waals surface area contributed by atoms with Crippen LogP contribution in [0, 0.1) is 10.1 Å². The van der Waals surface area contributed by atoms with Crippen LogP contribution in [0.3, 0.4) is 0 Å². The fraction of sp³-hybridized carbons (Fsp3) is 0.294. The van der Waals surface area contributed by atoms with Gasteiger partial charge in [-0.25, -0.2) is 8.42 Å². The minimum Gasteiger partial charge on any atom is -0.339 e. The molecule has 160 valence electrons. The van der Waals surface area contributed by atoms with Gasteiger partial charge in [-0.15, -0.1) is 0 Å². The predicted molar refractivity (Wildman–Crippen MR) is 109 cm³/mol. The molecule has 0 N–H and O–H groups in total. The van der Waals surface area contributed by atoms with E-state index in [-0.39, 0.29) is 53.4 Å². The minimum atomic E-state index is -3.95. The molecule has 1 amide bonds. The van der Waals surface area contributed by atoms with Crippen LogP contribution in [0.5, 0.6) is 0 Å². The molecule has 1 aliphatic rings. The first-order valence-corrected chi connectivity index (χ1v) is 10.9. The number of amides is 1. The maximum atomic E-state index is 12.9. The number of carbonyl (C=O) groups excluding carboxylic acids is 1. The summed E-state index contributed by atoms with van der Waals surface area (Å²) in [6, 6.07) is 6.47. The molecule has 0 spiro atoms. The molecule has 0 aliphatic carbocycles. The number of aromatic nitrogens is 1. The number of sulfonamides is 1. The highest BCUT2D eigenvalue weighted by Gasteiger charge is 2.33. The third kappa shape index (κ3) is 4.48. The summed E-state index contributed by atoms with van der Waals surface area (Å²) < 4.78 is 27.9. The Morgan fingerprint density at radius 3 is 2.23 bits per heavy atom. The third-order valence-corrected chi connectivity index (χ3v) is 7.45. The SMILES string of the molecule is O=C(Cn1cc([N+](=O)[O-])ccc1=O)N1CCN(S(=O)(=O)c2c(Cl)cccc2Cl)CC1. The maximum absolute atomic E-state index is 12.9. The van der Waals surface area contributed by atoms with Crippen molar-refractivity contribution in [3.05, 3.63) is 67.0 Å². The summed E-state index contributed by atoms with van der Waals surface area (Å²) in [6.45, 7) is -0.184. The van der Waals surface area contributed by atoms with E-state index in [1.54, 1.807) is 0 Å². The summed E-state index contributed by atoms with van der Waals surface area (Å²) in [5, 5.41) is 10.9. The molecule has 0 bridgehead atoms. The average molecular weight is 475 g/mol. The van der Waals surface area contributed by atoms with Gasteiger partial charge in [-0.05, 0) is 12.1 Å². The number of halogens is 2. The lowest BCUT2D eigenvalue weighted by Crippen LogP contribution is -2.51. The summed E-state index contributed by atoms with van der Waals surface area (Å²) >= 11 is 12.0. The van der Waals surface area contributed by atoms with E-state index in [2.05, 4.69) is 0 Å². The summed E-state index contributed by atoms with van der Waals surface area (Å²) in [4.78, 5) is 35.8. The van der Waals surface area contributed by atoms with Crippen LogP contribution in [0.2, 0.25) is 10.0 Å². The van der Waals surface area contributed by atoms with E-state index < -0.39 is 26.4 Å². The van der Waals surface area contributed by atoms with Gasteiger partial charge in [-0.3, -0.25) is 24.3 Å². The number of hydrogen-bond acceptors (Lipinski definition) is 6. The Bertz CT molecular complexity index is 1140. The largest absolute Gasteiger partial charge is 0.339 e. The van der Waals surface area contributed by atoms with Gasteiger partial charge in [0.15, 0.2) is 0 Å². The fourth-order valence-corrected chi connectivity index (χ4v) is 5.55. The molecule has 0 atom stereocenters. The molecule has 3 rings (SSSR count). The number of pyridine rings is 1. The quantitative estimate of drug-likeness (QED) is 0.478. The Hall–Kier alpha value is -2.47. The van der Waals surface area contributed by atoms with Gasteiger partial charge in [0.05, 0.1) is 21.2 Å². The predicted octanol–water partition coefficient (Wildman–Crippen LogP) is 1.60. The first kappa shape index (κ1) is 22.2. The van der Waals surface area contributed by atoms with Crippen LogP contribution >= 0.6 is 23.2 Å². The van der Waals surface area contributed by atoms with Gasteiger partial charge in [0, 0.05) is 38.3 Å². The number of hydrogen-bond donors (Lipinski definition) is 0. The van der Waals surface area contributed by atoms with E-state index in [4.69, 9.17) is 23.2 Å². The number of nitrogens with zero attached hydrogens (tertiary/aromatic N) is 4. The highest BCUT2D eigenvalue weighted by Crippen LogP contribution is 2.31. The van der Waals surface area contributed by atoms with Gasteiger partial charge < -0.3 is 4.90 Å². The molecular formula is C17H16Cl2N4O6S. The van der Waals surface area contributed by atoms with Crippen molar-refractivity contribution in [3.8, 4) is 0 Å². The molecule has 1 aliphatic heterocycles. The molecule has 0 saturated carbocycles. The molecular weight excluding hydrogens is 459 g/mol. The number of benzene rings is 1. The van der Waals surface area contributed by atoms with Crippen molar-refractivity contribution in [3.63, 3.8) is 0 Å². The second-order valence-corrected chi connectivity index (χ2v) is 9.14. The highest BCUT2D eigenvalue weighted by molar-refractivity contribution is 7.89. The molecule has 1 aromatic carbocycles. The monoisotopic (exact) mass is 474 g/mol. The molecule has 13 heteroatoms. The van der Waals surface area contributed by atoms with Crippen molar-refractivity contribution >= 4 is 44.8 Å². The molecule has 2 heterocycles. The Kier molecular flexibility index (Phi) is 6.46. The molecule has 1 saturated heterocycles. The second-order valence-electron chi connectivity index (χ2n) is 6.45. The summed E-state index contributed by atoms with van der Waals surface area (Å²) in [7, 11) is -3.95. The van der Waals surface area contributed by atoms with E-state index in [0.29, 0.717) is 0 Å². The Balaban J connectivity index is 1.70. The number of piperazine rings is 1. The van der Waals surface area contributed by atoms with Gasteiger partial charge >= 0.3 is 0 Å². The lowest BCUT2D eigenvalue weighted by atomic mass is 10.3. The van der Waals surface area contributed by atoms with Crippen LogP contribution in [-0.4, -0.2) is 59.2 Å². The van der Waals surface area contributed by atoms with Crippen molar-refractivity contribution in [1.82, 2.24) is 13.8 Å². The van der Waals surface area contributed by atoms with Crippen molar-refractivity contribution < 1.29 is 18.1 Å². The Labute approximate surface area is 181 Å². The molecule has 2 aromatic rings. The smallest absolute Gasteiger partial charge is 0.285 e. The lowest BCUT2D eigenvalue weighted by Gasteiger charge is -2.34. The zero-order valence-corrected chi connectivity index (χ0v) is 17.7. The molecule has 0 radical (unpaired) electrons. The first-order valence-electron chi connectivity index (χ1n) is 8.68. The molecule has 1 fully saturated rings. The summed E-state index contributed by atoms with van der Waals surface area (Å²) in [5.41, 5.74) is -0.863. The zero-order chi connectivity index (χ0) is 22.1. The van der Waals surface area contributed by atoms with E-state index in [0.717, 1.165) is 22.9 Å². The summed E-state index contributed by atoms with van der Waals surface area (Å²) in [6.07, 6.45) is 1.00. The zero-order valence-electron chi connectivity index (χ0n) is 15.4. The minimum absolute atomic E-state index is 0.00560. The average Bonchev–Trinajstić information content (AvgIpc) is 2.69. The normalized spacial score (nSPS) is 15.2. The number of rotatable bonds is 5. The van der Waals surface area contributed by atoms with Crippen LogP contribution in [0.1, 0.15) is 0 Å². The van der Waals surface area contributed by atoms with Crippen molar-refractivity contribution in [1.29, 1.82) is 0 Å². The van der Waals surface area contributed by atoms with Crippen LogP contribution < -0.4 is 5.56 Å². The maximum Gasteiger partial charge on any atom is 0.285 e. The van der Waals surface area contributed by atoms with Crippen molar-refractivity contribution in [2.45, 2.75) is 11.4 Å². The van der Waals surface area contributed by atoms with Crippen LogP contribution in [0.25, 0.3) is 0 Å². The standard InChI is InChI=1S/C17H16Cl2N4O6S/c18-13-2-1-3-14(19)17(13)30(28,29)22-8-6-20(7-9-22)16(25)11-21-10-12(23(26)27)4-5-15(21)24/h1-5,10H,6-9,11H2. The highest BCUT2D eigenvalue weighted by atomic mass is 35.5. The first-order chi connectivity index (χ1) is 14.1. The molecule has 1 aromatic heterocycles. The van der Waals surface area contributed by atoms with Crippen molar-refractivity contribution in [2.75, 3.05) is 26.2 Å². The van der Waals surface area contributed by atoms with Crippen LogP contribution in [-0.2, 0) is 21.4 Å². The van der Waals surface area contributed by atoms with E-state index in [1.165, 1.54) is 27.4 Å². The van der Waals surface area contributed by atoms with Crippen LogP contribution in [0.15, 0.2) is 46.2 Å². The number of carbonyl (C=O) groups is 1. The fourth-order valence-electron chi connectivity index (χ4n) is 3.03. The van der Waals surface area contributed by atoms with Gasteiger partial charge in [-0.1, -0.05) is 29.3 Å². The number of nitro groups is 1. The van der Waals surface area contributed by atoms with Gasteiger partial charge in [0.1, 0.15) is 11.4 Å². The third-order valence-electron chi connectivity index (χ3n) is 4.59. The Morgan fingerprint density at radius 1 is 1.07 bits per heavy atom. The molecule has 30 heavy (non-hydrogen) atoms. The molecule has 10 nitrogen and oxygen atoms in total. The van der Waals surface area contributed by atoms with E-state index in [9.17, 15) is 28.1 Å². The molecule has 0 unspecified atom stereocenters. The Morgan fingerprint density at radius 2 is 1.67 bits per heavy atom. The summed E-state index contributed by atoms with van der Waals surface area (Å²) in [5.74, 6) is -0.453. The van der Waals surface area contributed by atoms with E-state index in [1.807, 2.05) is 0 Å².